The molecule has 1 aromatic rings. The predicted molar refractivity (Wildman–Crippen MR) is 47.9 cm³/mol. The van der Waals surface area contributed by atoms with Gasteiger partial charge < -0.3 is 15.6 Å². The molecule has 12 heavy (non-hydrogen) atoms. The second-order valence-electron chi connectivity index (χ2n) is 2.46. The standard InChI is InChI=1S/C9H13NO2/c1-2-12-9-4-3-8(10)5-7(9)6-11/h3-5,11H,2,6,10H2,1H3. The fraction of sp³-hybridized carbons (Fsp3) is 0.333. The van der Waals surface area contributed by atoms with Crippen LogP contribution in [0.3, 0.4) is 0 Å². The summed E-state index contributed by atoms with van der Waals surface area (Å²) in [5.41, 5.74) is 6.91. The van der Waals surface area contributed by atoms with Crippen molar-refractivity contribution in [2.45, 2.75) is 13.5 Å². The Morgan fingerprint density at radius 2 is 2.25 bits per heavy atom. The third-order valence-electron chi connectivity index (χ3n) is 1.55. The van der Waals surface area contributed by atoms with Gasteiger partial charge >= 0.3 is 0 Å². The van der Waals surface area contributed by atoms with E-state index in [-0.39, 0.29) is 6.61 Å². The SMILES string of the molecule is CCOc1ccc(N)cc1CO. The normalized spacial score (nSPS) is 9.83. The van der Waals surface area contributed by atoms with Crippen molar-refractivity contribution in [3.63, 3.8) is 0 Å². The first-order valence-electron chi connectivity index (χ1n) is 3.90. The predicted octanol–water partition coefficient (Wildman–Crippen LogP) is 1.16. The topological polar surface area (TPSA) is 55.5 Å². The lowest BCUT2D eigenvalue weighted by Gasteiger charge is -2.08. The molecule has 0 saturated heterocycles. The highest BCUT2D eigenvalue weighted by molar-refractivity contribution is 5.47. The maximum Gasteiger partial charge on any atom is 0.124 e. The third kappa shape index (κ3) is 1.89. The molecule has 0 spiro atoms. The van der Waals surface area contributed by atoms with Gasteiger partial charge in [0.15, 0.2) is 0 Å². The lowest BCUT2D eigenvalue weighted by Crippen LogP contribution is -1.97. The van der Waals surface area contributed by atoms with Crippen LogP contribution in [-0.4, -0.2) is 11.7 Å². The smallest absolute Gasteiger partial charge is 0.124 e. The quantitative estimate of drug-likeness (QED) is 0.664. The average molecular weight is 167 g/mol. The molecule has 0 amide bonds. The first-order chi connectivity index (χ1) is 5.77. The van der Waals surface area contributed by atoms with Gasteiger partial charge in [-0.2, -0.15) is 0 Å². The van der Waals surface area contributed by atoms with Crippen LogP contribution < -0.4 is 10.5 Å². The van der Waals surface area contributed by atoms with Crippen LogP contribution in [0.15, 0.2) is 18.2 Å². The van der Waals surface area contributed by atoms with E-state index in [0.29, 0.717) is 18.0 Å². The van der Waals surface area contributed by atoms with Crippen molar-refractivity contribution in [1.82, 2.24) is 0 Å². The first-order valence-corrected chi connectivity index (χ1v) is 3.90. The van der Waals surface area contributed by atoms with Gasteiger partial charge in [-0.3, -0.25) is 0 Å². The fourth-order valence-electron chi connectivity index (χ4n) is 1.02. The van der Waals surface area contributed by atoms with E-state index in [2.05, 4.69) is 0 Å². The molecule has 0 aliphatic heterocycles. The average Bonchev–Trinajstić information content (AvgIpc) is 2.08. The molecule has 0 atom stereocenters. The van der Waals surface area contributed by atoms with Crippen molar-refractivity contribution in [2.24, 2.45) is 0 Å². The Labute approximate surface area is 71.8 Å². The zero-order valence-electron chi connectivity index (χ0n) is 7.08. The van der Waals surface area contributed by atoms with Gasteiger partial charge in [-0.25, -0.2) is 0 Å². The monoisotopic (exact) mass is 167 g/mol. The summed E-state index contributed by atoms with van der Waals surface area (Å²) in [5.74, 6) is 0.703. The van der Waals surface area contributed by atoms with E-state index < -0.39 is 0 Å². The molecule has 3 nitrogen and oxygen atoms in total. The summed E-state index contributed by atoms with van der Waals surface area (Å²) in [6.45, 7) is 2.45. The Morgan fingerprint density at radius 3 is 2.83 bits per heavy atom. The van der Waals surface area contributed by atoms with E-state index in [1.807, 2.05) is 6.92 Å². The van der Waals surface area contributed by atoms with Gasteiger partial charge in [0.2, 0.25) is 0 Å². The van der Waals surface area contributed by atoms with Crippen molar-refractivity contribution in [3.05, 3.63) is 23.8 Å². The molecule has 3 heteroatoms. The van der Waals surface area contributed by atoms with Gasteiger partial charge in [-0.1, -0.05) is 0 Å². The second-order valence-corrected chi connectivity index (χ2v) is 2.46. The first kappa shape index (κ1) is 8.87. The highest BCUT2D eigenvalue weighted by Gasteiger charge is 2.01. The van der Waals surface area contributed by atoms with Crippen molar-refractivity contribution < 1.29 is 9.84 Å². The van der Waals surface area contributed by atoms with E-state index in [9.17, 15) is 0 Å². The number of aliphatic hydroxyl groups excluding tert-OH is 1. The van der Waals surface area contributed by atoms with Gasteiger partial charge in [-0.15, -0.1) is 0 Å². The van der Waals surface area contributed by atoms with Crippen molar-refractivity contribution in [3.8, 4) is 5.75 Å². The number of aliphatic hydroxyl groups is 1. The summed E-state index contributed by atoms with van der Waals surface area (Å²) in [6, 6.07) is 5.24. The molecule has 0 radical (unpaired) electrons. The van der Waals surface area contributed by atoms with E-state index in [0.717, 1.165) is 5.56 Å². The minimum Gasteiger partial charge on any atom is -0.494 e. The molecule has 1 rings (SSSR count). The van der Waals surface area contributed by atoms with E-state index in [1.54, 1.807) is 18.2 Å². The molecule has 0 unspecified atom stereocenters. The largest absolute Gasteiger partial charge is 0.494 e. The number of anilines is 1. The van der Waals surface area contributed by atoms with Crippen LogP contribution in [-0.2, 0) is 6.61 Å². The Balaban J connectivity index is 2.94. The third-order valence-corrected chi connectivity index (χ3v) is 1.55. The van der Waals surface area contributed by atoms with Crippen LogP contribution in [0.5, 0.6) is 5.75 Å². The molecular formula is C9H13NO2. The molecule has 0 saturated carbocycles. The summed E-state index contributed by atoms with van der Waals surface area (Å²) < 4.78 is 5.27. The molecule has 0 aliphatic carbocycles. The van der Waals surface area contributed by atoms with Crippen LogP contribution in [0, 0.1) is 0 Å². The van der Waals surface area contributed by atoms with Gasteiger partial charge in [0, 0.05) is 11.3 Å². The molecule has 0 heterocycles. The number of rotatable bonds is 3. The van der Waals surface area contributed by atoms with Gasteiger partial charge in [0.25, 0.3) is 0 Å². The van der Waals surface area contributed by atoms with E-state index in [4.69, 9.17) is 15.6 Å². The Morgan fingerprint density at radius 1 is 1.50 bits per heavy atom. The van der Waals surface area contributed by atoms with E-state index in [1.165, 1.54) is 0 Å². The second kappa shape index (κ2) is 3.97. The van der Waals surface area contributed by atoms with Crippen LogP contribution in [0.1, 0.15) is 12.5 Å². The molecule has 66 valence electrons. The Kier molecular flexibility index (Phi) is 2.94. The summed E-state index contributed by atoms with van der Waals surface area (Å²) in [5, 5.41) is 8.93. The van der Waals surface area contributed by atoms with Gasteiger partial charge in [-0.05, 0) is 25.1 Å². The Bertz CT molecular complexity index is 261. The number of hydrogen-bond acceptors (Lipinski definition) is 3. The maximum absolute atomic E-state index is 8.93. The molecule has 0 bridgehead atoms. The van der Waals surface area contributed by atoms with Crippen molar-refractivity contribution in [2.75, 3.05) is 12.3 Å². The molecule has 0 fully saturated rings. The van der Waals surface area contributed by atoms with Crippen molar-refractivity contribution >= 4 is 5.69 Å². The minimum atomic E-state index is -0.0413. The fourth-order valence-corrected chi connectivity index (χ4v) is 1.02. The van der Waals surface area contributed by atoms with E-state index >= 15 is 0 Å². The van der Waals surface area contributed by atoms with Crippen LogP contribution in [0.4, 0.5) is 5.69 Å². The summed E-state index contributed by atoms with van der Waals surface area (Å²) in [6.07, 6.45) is 0. The maximum atomic E-state index is 8.93. The molecule has 0 aromatic heterocycles. The number of hydrogen-bond donors (Lipinski definition) is 2. The molecule has 3 N–H and O–H groups in total. The summed E-state index contributed by atoms with van der Waals surface area (Å²) in [7, 11) is 0. The summed E-state index contributed by atoms with van der Waals surface area (Å²) in [4.78, 5) is 0. The van der Waals surface area contributed by atoms with Gasteiger partial charge in [0.1, 0.15) is 5.75 Å². The number of nitrogen functional groups attached to an aromatic ring is 1. The number of ether oxygens (including phenoxy) is 1. The molecule has 1 aromatic carbocycles. The highest BCUT2D eigenvalue weighted by atomic mass is 16.5. The highest BCUT2D eigenvalue weighted by Crippen LogP contribution is 2.20. The van der Waals surface area contributed by atoms with Crippen LogP contribution >= 0.6 is 0 Å². The number of nitrogens with two attached hydrogens (primary N) is 1. The lowest BCUT2D eigenvalue weighted by molar-refractivity contribution is 0.267. The summed E-state index contributed by atoms with van der Waals surface area (Å²) >= 11 is 0. The Hall–Kier alpha value is -1.22. The molecule has 0 aliphatic rings. The number of benzene rings is 1. The molecular weight excluding hydrogens is 154 g/mol. The van der Waals surface area contributed by atoms with Crippen molar-refractivity contribution in [1.29, 1.82) is 0 Å². The van der Waals surface area contributed by atoms with Gasteiger partial charge in [0.05, 0.1) is 13.2 Å². The lowest BCUT2D eigenvalue weighted by atomic mass is 10.2. The van der Waals surface area contributed by atoms with Crippen LogP contribution in [0.25, 0.3) is 0 Å². The minimum absolute atomic E-state index is 0.0413. The van der Waals surface area contributed by atoms with Crippen LogP contribution in [0.2, 0.25) is 0 Å². The zero-order chi connectivity index (χ0) is 8.97. The zero-order valence-corrected chi connectivity index (χ0v) is 7.08.